The first-order chi connectivity index (χ1) is 16.7. The molecule has 6 nitrogen and oxygen atoms in total. The van der Waals surface area contributed by atoms with Crippen LogP contribution in [0.15, 0.2) is 47.5 Å². The Hall–Kier alpha value is -2.82. The summed E-state index contributed by atoms with van der Waals surface area (Å²) in [5.41, 5.74) is 0.602. The molecule has 1 aromatic heterocycles. The van der Waals surface area contributed by atoms with Crippen LogP contribution in [0.4, 0.5) is 18.0 Å². The van der Waals surface area contributed by atoms with E-state index in [-0.39, 0.29) is 34.3 Å². The summed E-state index contributed by atoms with van der Waals surface area (Å²) in [6, 6.07) is 9.09. The van der Waals surface area contributed by atoms with Crippen molar-refractivity contribution in [1.82, 2.24) is 20.0 Å². The zero-order valence-electron chi connectivity index (χ0n) is 18.3. The second-order valence-corrected chi connectivity index (χ2v) is 9.93. The van der Waals surface area contributed by atoms with Crippen molar-refractivity contribution in [2.24, 2.45) is 0 Å². The van der Waals surface area contributed by atoms with Crippen molar-refractivity contribution in [3.63, 3.8) is 0 Å². The van der Waals surface area contributed by atoms with Crippen molar-refractivity contribution in [3.05, 3.63) is 69.2 Å². The number of thioether (sulfide) groups is 1. The van der Waals surface area contributed by atoms with Gasteiger partial charge in [-0.25, -0.2) is 0 Å². The number of carbonyl (C=O) groups is 2. The molecule has 0 radical (unpaired) electrons. The molecule has 182 valence electrons. The average Bonchev–Trinajstić information content (AvgIpc) is 3.52. The maximum Gasteiger partial charge on any atom is 0.416 e. The first-order valence-corrected chi connectivity index (χ1v) is 12.2. The summed E-state index contributed by atoms with van der Waals surface area (Å²) in [7, 11) is 0. The van der Waals surface area contributed by atoms with Crippen molar-refractivity contribution < 1.29 is 22.8 Å². The monoisotopic (exact) mass is 520 g/mol. The molecule has 2 saturated heterocycles. The van der Waals surface area contributed by atoms with Crippen LogP contribution in [0.1, 0.15) is 29.5 Å². The average molecular weight is 521 g/mol. The van der Waals surface area contributed by atoms with Crippen LogP contribution in [0.25, 0.3) is 17.0 Å². The molecule has 2 amide bonds. The summed E-state index contributed by atoms with van der Waals surface area (Å²) >= 11 is 6.69. The fourth-order valence-electron chi connectivity index (χ4n) is 4.37. The van der Waals surface area contributed by atoms with E-state index < -0.39 is 11.7 Å². The Bertz CT molecular complexity index is 1350. The quantitative estimate of drug-likeness (QED) is 0.447. The Morgan fingerprint density at radius 3 is 2.77 bits per heavy atom. The highest BCUT2D eigenvalue weighted by atomic mass is 35.5. The fraction of sp³-hybridized carbons (Fsp3) is 0.292. The highest BCUT2D eigenvalue weighted by Gasteiger charge is 2.37. The Kier molecular flexibility index (Phi) is 6.37. The molecule has 0 bridgehead atoms. The fourth-order valence-corrected chi connectivity index (χ4v) is 5.40. The molecule has 35 heavy (non-hydrogen) atoms. The Morgan fingerprint density at radius 1 is 1.20 bits per heavy atom. The minimum Gasteiger partial charge on any atom is -0.312 e. The van der Waals surface area contributed by atoms with E-state index in [2.05, 4.69) is 10.4 Å². The lowest BCUT2D eigenvalue weighted by atomic mass is 10.1. The third-order valence-corrected chi connectivity index (χ3v) is 7.24. The van der Waals surface area contributed by atoms with Crippen molar-refractivity contribution in [2.45, 2.75) is 31.6 Å². The molecule has 11 heteroatoms. The molecule has 5 rings (SSSR count). The van der Waals surface area contributed by atoms with Gasteiger partial charge in [-0.15, -0.1) is 0 Å². The molecule has 2 aromatic carbocycles. The number of hydrogen-bond acceptors (Lipinski definition) is 5. The minimum atomic E-state index is -4.53. The standard InChI is InChI=1S/C24H20ClF3N4O2S/c25-17-5-4-15(19(10-17)24(26,27)28)12-32-20-6-3-14(8-16(20)11-30-32)9-21-22(33)31(23(34)35-21)13-18-2-1-7-29-18/h3-6,8-11,18,29H,1-2,7,12-13H2/t18-/m0/s1. The molecule has 3 heterocycles. The largest absolute Gasteiger partial charge is 0.416 e. The summed E-state index contributed by atoms with van der Waals surface area (Å²) in [5, 5.41) is 7.98. The highest BCUT2D eigenvalue weighted by Crippen LogP contribution is 2.35. The zero-order valence-corrected chi connectivity index (χ0v) is 19.9. The summed E-state index contributed by atoms with van der Waals surface area (Å²) in [5.74, 6) is -0.313. The maximum atomic E-state index is 13.5. The van der Waals surface area contributed by atoms with E-state index in [4.69, 9.17) is 11.6 Å². The number of halogens is 4. The predicted octanol–water partition coefficient (Wildman–Crippen LogP) is 5.55. The van der Waals surface area contributed by atoms with Gasteiger partial charge in [-0.2, -0.15) is 18.3 Å². The Labute approximate surface area is 208 Å². The third kappa shape index (κ3) is 4.96. The lowest BCUT2D eigenvalue weighted by Gasteiger charge is -2.17. The number of hydrogen-bond donors (Lipinski definition) is 1. The third-order valence-electron chi connectivity index (χ3n) is 6.10. The molecular weight excluding hydrogens is 501 g/mol. The normalized spacial score (nSPS) is 20.1. The molecule has 0 aliphatic carbocycles. The number of fused-ring (bicyclic) bond motifs is 1. The molecule has 3 aromatic rings. The van der Waals surface area contributed by atoms with Gasteiger partial charge in [0.25, 0.3) is 11.1 Å². The van der Waals surface area contributed by atoms with Gasteiger partial charge < -0.3 is 5.32 Å². The Morgan fingerprint density at radius 2 is 2.03 bits per heavy atom. The van der Waals surface area contributed by atoms with Gasteiger partial charge in [-0.05, 0) is 72.6 Å². The predicted molar refractivity (Wildman–Crippen MR) is 129 cm³/mol. The van der Waals surface area contributed by atoms with Gasteiger partial charge in [-0.1, -0.05) is 23.7 Å². The van der Waals surface area contributed by atoms with Crippen molar-refractivity contribution in [2.75, 3.05) is 13.1 Å². The summed E-state index contributed by atoms with van der Waals surface area (Å²) in [6.07, 6.45) is 0.646. The van der Waals surface area contributed by atoms with E-state index in [0.29, 0.717) is 27.9 Å². The number of amides is 2. The van der Waals surface area contributed by atoms with Crippen LogP contribution in [0, 0.1) is 0 Å². The highest BCUT2D eigenvalue weighted by molar-refractivity contribution is 8.18. The first kappa shape index (κ1) is 23.9. The number of alkyl halides is 3. The number of imide groups is 1. The van der Waals surface area contributed by atoms with Crippen molar-refractivity contribution in [3.8, 4) is 0 Å². The summed E-state index contributed by atoms with van der Waals surface area (Å²) in [4.78, 5) is 26.8. The molecular formula is C24H20ClF3N4O2S. The SMILES string of the molecule is O=C1SC(=Cc2ccc3c(cnn3Cc3ccc(Cl)cc3C(F)(F)F)c2)C(=O)N1C[C@@H]1CCCN1. The van der Waals surface area contributed by atoms with Crippen molar-refractivity contribution >= 4 is 51.5 Å². The van der Waals surface area contributed by atoms with Crippen LogP contribution in [0.3, 0.4) is 0 Å². The van der Waals surface area contributed by atoms with Gasteiger partial charge in [0.15, 0.2) is 0 Å². The van der Waals surface area contributed by atoms with E-state index in [1.807, 2.05) is 0 Å². The molecule has 2 fully saturated rings. The van der Waals surface area contributed by atoms with Gasteiger partial charge in [0, 0.05) is 23.0 Å². The number of benzene rings is 2. The van der Waals surface area contributed by atoms with Gasteiger partial charge >= 0.3 is 6.18 Å². The van der Waals surface area contributed by atoms with E-state index in [1.165, 1.54) is 21.7 Å². The second kappa shape index (κ2) is 9.33. The van der Waals surface area contributed by atoms with Crippen LogP contribution < -0.4 is 5.32 Å². The Balaban J connectivity index is 1.37. The minimum absolute atomic E-state index is 0.0139. The molecule has 1 N–H and O–H groups in total. The lowest BCUT2D eigenvalue weighted by Crippen LogP contribution is -2.39. The number of rotatable bonds is 5. The summed E-state index contributed by atoms with van der Waals surface area (Å²) < 4.78 is 41.9. The van der Waals surface area contributed by atoms with Crippen LogP contribution in [-0.2, 0) is 17.5 Å². The van der Waals surface area contributed by atoms with Crippen LogP contribution in [-0.4, -0.2) is 45.0 Å². The zero-order chi connectivity index (χ0) is 24.7. The van der Waals surface area contributed by atoms with Crippen molar-refractivity contribution in [1.29, 1.82) is 0 Å². The smallest absolute Gasteiger partial charge is 0.312 e. The van der Waals surface area contributed by atoms with E-state index in [1.54, 1.807) is 30.5 Å². The molecule has 1 atom stereocenters. The number of nitrogens with zero attached hydrogens (tertiary/aromatic N) is 3. The van der Waals surface area contributed by atoms with E-state index >= 15 is 0 Å². The topological polar surface area (TPSA) is 67.2 Å². The molecule has 2 aliphatic heterocycles. The van der Waals surface area contributed by atoms with E-state index in [0.717, 1.165) is 37.2 Å². The van der Waals surface area contributed by atoms with Gasteiger partial charge in [0.2, 0.25) is 0 Å². The molecule has 0 spiro atoms. The first-order valence-electron chi connectivity index (χ1n) is 11.0. The van der Waals surface area contributed by atoms with Crippen LogP contribution in [0.5, 0.6) is 0 Å². The van der Waals surface area contributed by atoms with Gasteiger partial charge in [0.05, 0.1) is 28.7 Å². The van der Waals surface area contributed by atoms with Crippen LogP contribution in [0.2, 0.25) is 5.02 Å². The second-order valence-electron chi connectivity index (χ2n) is 8.51. The number of aromatic nitrogens is 2. The molecule has 0 unspecified atom stereocenters. The lowest BCUT2D eigenvalue weighted by molar-refractivity contribution is -0.138. The number of nitrogens with one attached hydrogen (secondary N) is 1. The van der Waals surface area contributed by atoms with Gasteiger partial charge in [0.1, 0.15) is 0 Å². The van der Waals surface area contributed by atoms with E-state index in [9.17, 15) is 22.8 Å². The molecule has 2 aliphatic rings. The molecule has 0 saturated carbocycles. The summed E-state index contributed by atoms with van der Waals surface area (Å²) in [6.45, 7) is 1.17. The number of carbonyl (C=O) groups excluding carboxylic acids is 2. The maximum absolute atomic E-state index is 13.5. The van der Waals surface area contributed by atoms with Crippen LogP contribution >= 0.6 is 23.4 Å². The van der Waals surface area contributed by atoms with Gasteiger partial charge in [-0.3, -0.25) is 19.2 Å².